The third kappa shape index (κ3) is 3.05. The molecule has 0 aromatic carbocycles. The van der Waals surface area contributed by atoms with Gasteiger partial charge in [0.05, 0.1) is 5.56 Å². The smallest absolute Gasteiger partial charge is 0.255 e. The summed E-state index contributed by atoms with van der Waals surface area (Å²) in [5, 5.41) is 6.65. The molecule has 2 heterocycles. The summed E-state index contributed by atoms with van der Waals surface area (Å²) in [6.45, 7) is 7.03. The minimum absolute atomic E-state index is 0.0339. The number of nitrogens with zero attached hydrogens (tertiary/aromatic N) is 1. The van der Waals surface area contributed by atoms with E-state index in [4.69, 9.17) is 5.14 Å². The summed E-state index contributed by atoms with van der Waals surface area (Å²) in [7, 11) is -3.73. The molecule has 1 aliphatic heterocycles. The van der Waals surface area contributed by atoms with Crippen molar-refractivity contribution in [2.45, 2.75) is 37.4 Å². The van der Waals surface area contributed by atoms with Crippen LogP contribution in [-0.4, -0.2) is 31.8 Å². The molecule has 1 aromatic rings. The van der Waals surface area contributed by atoms with Gasteiger partial charge in [-0.15, -0.1) is 11.3 Å². The number of rotatable bonds is 2. The summed E-state index contributed by atoms with van der Waals surface area (Å²) in [5.74, 6) is 0.794. The van der Waals surface area contributed by atoms with Gasteiger partial charge in [-0.1, -0.05) is 13.8 Å². The number of nitrogens with two attached hydrogens (primary N) is 1. The number of amides is 1. The van der Waals surface area contributed by atoms with Gasteiger partial charge in [-0.3, -0.25) is 4.79 Å². The maximum atomic E-state index is 12.5. The van der Waals surface area contributed by atoms with E-state index in [0.717, 1.165) is 17.8 Å². The van der Waals surface area contributed by atoms with E-state index in [9.17, 15) is 13.2 Å². The first kappa shape index (κ1) is 15.5. The van der Waals surface area contributed by atoms with Gasteiger partial charge in [0.2, 0.25) is 10.0 Å². The lowest BCUT2D eigenvalue weighted by molar-refractivity contribution is 0.0456. The molecule has 0 spiro atoms. The largest absolute Gasteiger partial charge is 0.335 e. The third-order valence-corrected chi connectivity index (χ3v) is 6.35. The number of sulfonamides is 1. The first-order chi connectivity index (χ1) is 9.20. The van der Waals surface area contributed by atoms with Crippen molar-refractivity contribution in [3.05, 3.63) is 17.0 Å². The summed E-state index contributed by atoms with van der Waals surface area (Å²) in [5.41, 5.74) is 0.409. The predicted molar refractivity (Wildman–Crippen MR) is 79.1 cm³/mol. The van der Waals surface area contributed by atoms with Gasteiger partial charge in [0.25, 0.3) is 5.91 Å². The molecule has 0 saturated carbocycles. The highest BCUT2D eigenvalue weighted by Gasteiger charge is 2.33. The zero-order valence-corrected chi connectivity index (χ0v) is 13.5. The molecule has 1 aliphatic rings. The van der Waals surface area contributed by atoms with Gasteiger partial charge >= 0.3 is 0 Å². The molecular formula is C13H20N2O3S2. The Labute approximate surface area is 123 Å². The zero-order chi connectivity index (χ0) is 15.1. The minimum atomic E-state index is -3.73. The van der Waals surface area contributed by atoms with Gasteiger partial charge in [0, 0.05) is 18.0 Å². The van der Waals surface area contributed by atoms with E-state index in [2.05, 4.69) is 13.8 Å². The van der Waals surface area contributed by atoms with Crippen molar-refractivity contribution in [1.82, 2.24) is 4.90 Å². The Kier molecular flexibility index (Phi) is 4.22. The average molecular weight is 316 g/mol. The molecule has 5 nitrogen and oxygen atoms in total. The fraction of sp³-hybridized carbons (Fsp3) is 0.615. The van der Waals surface area contributed by atoms with Crippen LogP contribution >= 0.6 is 11.3 Å². The second kappa shape index (κ2) is 5.46. The Morgan fingerprint density at radius 1 is 1.40 bits per heavy atom. The molecule has 3 atom stereocenters. The molecule has 0 radical (unpaired) electrons. The fourth-order valence-electron chi connectivity index (χ4n) is 2.73. The molecule has 1 amide bonds. The molecule has 3 unspecified atom stereocenters. The maximum Gasteiger partial charge on any atom is 0.255 e. The number of carbonyl (C=O) groups is 1. The third-order valence-electron chi connectivity index (χ3n) is 3.96. The van der Waals surface area contributed by atoms with Gasteiger partial charge in [-0.25, -0.2) is 13.6 Å². The van der Waals surface area contributed by atoms with Crippen molar-refractivity contribution in [1.29, 1.82) is 0 Å². The van der Waals surface area contributed by atoms with Crippen LogP contribution in [0.2, 0.25) is 0 Å². The van der Waals surface area contributed by atoms with Crippen LogP contribution in [0.4, 0.5) is 0 Å². The molecule has 0 aliphatic carbocycles. The van der Waals surface area contributed by atoms with E-state index in [0.29, 0.717) is 23.9 Å². The molecule has 20 heavy (non-hydrogen) atoms. The van der Waals surface area contributed by atoms with Crippen LogP contribution in [0.25, 0.3) is 0 Å². The summed E-state index contributed by atoms with van der Waals surface area (Å²) < 4.78 is 22.6. The van der Waals surface area contributed by atoms with Crippen molar-refractivity contribution in [2.75, 3.05) is 6.54 Å². The highest BCUT2D eigenvalue weighted by Crippen LogP contribution is 2.29. The second-order valence-electron chi connectivity index (χ2n) is 5.72. The molecule has 1 fully saturated rings. The van der Waals surface area contributed by atoms with Crippen molar-refractivity contribution in [3.63, 3.8) is 0 Å². The first-order valence-electron chi connectivity index (χ1n) is 6.62. The summed E-state index contributed by atoms with van der Waals surface area (Å²) in [4.78, 5) is 14.4. The van der Waals surface area contributed by atoms with Crippen molar-refractivity contribution >= 4 is 27.3 Å². The molecule has 7 heteroatoms. The highest BCUT2D eigenvalue weighted by atomic mass is 32.2. The van der Waals surface area contributed by atoms with E-state index < -0.39 is 10.0 Å². The standard InChI is InChI=1S/C13H20N2O3S2/c1-8-4-9(2)10(3)15(6-8)13(16)11-5-12(19-7-11)20(14,17)18/h5,7-10H,4,6H2,1-3H3,(H2,14,17,18). The van der Waals surface area contributed by atoms with Crippen LogP contribution < -0.4 is 5.14 Å². The summed E-state index contributed by atoms with van der Waals surface area (Å²) >= 11 is 0.991. The van der Waals surface area contributed by atoms with E-state index in [1.54, 1.807) is 5.38 Å². The van der Waals surface area contributed by atoms with E-state index in [1.165, 1.54) is 6.07 Å². The SMILES string of the molecule is CC1CC(C)C(C)N(C(=O)c2csc(S(N)(=O)=O)c2)C1. The van der Waals surface area contributed by atoms with Gasteiger partial charge in [-0.2, -0.15) is 0 Å². The highest BCUT2D eigenvalue weighted by molar-refractivity contribution is 7.91. The number of thiophene rings is 1. The van der Waals surface area contributed by atoms with Crippen LogP contribution in [0.5, 0.6) is 0 Å². The molecule has 112 valence electrons. The van der Waals surface area contributed by atoms with Crippen molar-refractivity contribution in [2.24, 2.45) is 17.0 Å². The maximum absolute atomic E-state index is 12.5. The topological polar surface area (TPSA) is 80.5 Å². The number of piperidine rings is 1. The first-order valence-corrected chi connectivity index (χ1v) is 9.05. The molecule has 1 aromatic heterocycles. The number of hydrogen-bond acceptors (Lipinski definition) is 4. The lowest BCUT2D eigenvalue weighted by atomic mass is 9.85. The van der Waals surface area contributed by atoms with E-state index in [-0.39, 0.29) is 16.2 Å². The molecule has 0 bridgehead atoms. The Balaban J connectivity index is 2.24. The molecule has 2 rings (SSSR count). The normalized spacial score (nSPS) is 27.6. The van der Waals surface area contributed by atoms with Gasteiger partial charge in [0.15, 0.2) is 0 Å². The van der Waals surface area contributed by atoms with Crippen LogP contribution in [0.3, 0.4) is 0 Å². The van der Waals surface area contributed by atoms with Gasteiger partial charge in [-0.05, 0) is 31.2 Å². The number of carbonyl (C=O) groups excluding carboxylic acids is 1. The Morgan fingerprint density at radius 3 is 2.60 bits per heavy atom. The van der Waals surface area contributed by atoms with Crippen molar-refractivity contribution < 1.29 is 13.2 Å². The Bertz CT molecular complexity index is 609. The average Bonchev–Trinajstić information content (AvgIpc) is 2.82. The minimum Gasteiger partial charge on any atom is -0.335 e. The number of hydrogen-bond donors (Lipinski definition) is 1. The van der Waals surface area contributed by atoms with Crippen LogP contribution in [0, 0.1) is 11.8 Å². The summed E-state index contributed by atoms with van der Waals surface area (Å²) in [6, 6.07) is 1.54. The lowest BCUT2D eigenvalue weighted by Gasteiger charge is -2.41. The van der Waals surface area contributed by atoms with Crippen LogP contribution in [-0.2, 0) is 10.0 Å². The molecule has 2 N–H and O–H groups in total. The van der Waals surface area contributed by atoms with Crippen LogP contribution in [0.15, 0.2) is 15.7 Å². The van der Waals surface area contributed by atoms with Gasteiger partial charge in [0.1, 0.15) is 4.21 Å². The quantitative estimate of drug-likeness (QED) is 0.905. The summed E-state index contributed by atoms with van der Waals surface area (Å²) in [6.07, 6.45) is 1.11. The lowest BCUT2D eigenvalue weighted by Crippen LogP contribution is -2.48. The molecular weight excluding hydrogens is 296 g/mol. The predicted octanol–water partition coefficient (Wildman–Crippen LogP) is 1.90. The van der Waals surface area contributed by atoms with E-state index >= 15 is 0 Å². The number of likely N-dealkylation sites (tertiary alicyclic amines) is 1. The van der Waals surface area contributed by atoms with Gasteiger partial charge < -0.3 is 4.90 Å². The van der Waals surface area contributed by atoms with Crippen LogP contribution in [0.1, 0.15) is 37.6 Å². The Hall–Kier alpha value is -0.920. The number of primary sulfonamides is 1. The zero-order valence-electron chi connectivity index (χ0n) is 11.9. The molecule has 1 saturated heterocycles. The monoisotopic (exact) mass is 316 g/mol. The van der Waals surface area contributed by atoms with Crippen molar-refractivity contribution in [3.8, 4) is 0 Å². The Morgan fingerprint density at radius 2 is 2.05 bits per heavy atom. The van der Waals surface area contributed by atoms with E-state index in [1.807, 2.05) is 11.8 Å². The fourth-order valence-corrected chi connectivity index (χ4v) is 4.31. The second-order valence-corrected chi connectivity index (χ2v) is 8.42.